The Kier molecular flexibility index (Phi) is 4.70. The number of benzene rings is 2. The number of carbonyl (C=O) groups excluding carboxylic acids is 1. The van der Waals surface area contributed by atoms with Crippen LogP contribution >= 0.6 is 11.3 Å². The Labute approximate surface area is 166 Å². The maximum absolute atomic E-state index is 13.0. The molecule has 0 fully saturated rings. The van der Waals surface area contributed by atoms with Crippen molar-refractivity contribution in [2.24, 2.45) is 5.92 Å². The van der Waals surface area contributed by atoms with Gasteiger partial charge in [0.2, 0.25) is 0 Å². The number of fused-ring (bicyclic) bond motifs is 1. The third kappa shape index (κ3) is 3.19. The first-order chi connectivity index (χ1) is 13.5. The van der Waals surface area contributed by atoms with Gasteiger partial charge in [0.05, 0.1) is 16.5 Å². The number of hydrogen-bond donors (Lipinski definition) is 3. The highest BCUT2D eigenvalue weighted by Gasteiger charge is 2.41. The fraction of sp³-hybridized carbons (Fsp3) is 0.190. The second-order valence-electron chi connectivity index (χ2n) is 6.93. The van der Waals surface area contributed by atoms with Crippen molar-refractivity contribution in [2.75, 3.05) is 5.32 Å². The number of thiazole rings is 1. The van der Waals surface area contributed by atoms with Gasteiger partial charge in [0.25, 0.3) is 5.91 Å². The van der Waals surface area contributed by atoms with E-state index in [1.54, 1.807) is 29.8 Å². The molecule has 0 spiro atoms. The van der Waals surface area contributed by atoms with Crippen LogP contribution in [0.5, 0.6) is 0 Å². The summed E-state index contributed by atoms with van der Waals surface area (Å²) in [5.41, 5.74) is 3.61. The summed E-state index contributed by atoms with van der Waals surface area (Å²) in [5, 5.41) is 16.0. The number of imidazole rings is 1. The van der Waals surface area contributed by atoms with Crippen molar-refractivity contribution >= 4 is 34.0 Å². The Morgan fingerprint density at radius 3 is 2.68 bits per heavy atom. The number of aromatic amines is 1. The van der Waals surface area contributed by atoms with E-state index < -0.39 is 11.5 Å². The van der Waals surface area contributed by atoms with Crippen LogP contribution in [0.1, 0.15) is 19.4 Å². The van der Waals surface area contributed by atoms with Crippen molar-refractivity contribution < 1.29 is 9.90 Å². The highest BCUT2D eigenvalue weighted by Crippen LogP contribution is 2.31. The molecule has 2 aromatic heterocycles. The zero-order chi connectivity index (χ0) is 19.7. The number of carbonyl (C=O) groups is 1. The van der Waals surface area contributed by atoms with Crippen LogP contribution in [-0.4, -0.2) is 26.0 Å². The molecule has 142 valence electrons. The summed E-state index contributed by atoms with van der Waals surface area (Å²) in [4.78, 5) is 25.0. The maximum atomic E-state index is 13.0. The molecule has 2 heterocycles. The lowest BCUT2D eigenvalue weighted by Crippen LogP contribution is -2.44. The first kappa shape index (κ1) is 18.3. The average Bonchev–Trinajstić information content (AvgIpc) is 3.36. The maximum Gasteiger partial charge on any atom is 0.261 e. The van der Waals surface area contributed by atoms with Crippen molar-refractivity contribution in [1.82, 2.24) is 15.0 Å². The van der Waals surface area contributed by atoms with E-state index in [1.165, 1.54) is 11.3 Å². The number of nitrogens with zero attached hydrogens (tertiary/aromatic N) is 2. The molecule has 28 heavy (non-hydrogen) atoms. The SMILES string of the molecule is CC(C)[C@@](O)(C(=O)Nc1ccc2[nH]c(-c3cscn3)nc2c1)c1ccccc1. The van der Waals surface area contributed by atoms with E-state index in [2.05, 4.69) is 20.3 Å². The van der Waals surface area contributed by atoms with Crippen molar-refractivity contribution in [1.29, 1.82) is 0 Å². The molecule has 7 heteroatoms. The van der Waals surface area contributed by atoms with Crippen molar-refractivity contribution in [3.8, 4) is 11.5 Å². The number of hydrogen-bond acceptors (Lipinski definition) is 5. The highest BCUT2D eigenvalue weighted by molar-refractivity contribution is 7.07. The first-order valence-electron chi connectivity index (χ1n) is 8.96. The Morgan fingerprint density at radius 2 is 2.00 bits per heavy atom. The summed E-state index contributed by atoms with van der Waals surface area (Å²) in [6.45, 7) is 3.65. The van der Waals surface area contributed by atoms with Gasteiger partial charge in [0.1, 0.15) is 5.69 Å². The van der Waals surface area contributed by atoms with Gasteiger partial charge < -0.3 is 15.4 Å². The van der Waals surface area contributed by atoms with Crippen LogP contribution < -0.4 is 5.32 Å². The molecule has 1 atom stereocenters. The number of aromatic nitrogens is 3. The number of rotatable bonds is 5. The monoisotopic (exact) mass is 392 g/mol. The van der Waals surface area contributed by atoms with E-state index in [1.807, 2.05) is 43.5 Å². The smallest absolute Gasteiger partial charge is 0.261 e. The molecule has 0 aliphatic carbocycles. The predicted octanol–water partition coefficient (Wildman–Crippen LogP) is 4.17. The minimum absolute atomic E-state index is 0.305. The number of anilines is 1. The van der Waals surface area contributed by atoms with Crippen molar-refractivity contribution in [2.45, 2.75) is 19.4 Å². The van der Waals surface area contributed by atoms with Crippen LogP contribution in [0.4, 0.5) is 5.69 Å². The van der Waals surface area contributed by atoms with Gasteiger partial charge in [-0.05, 0) is 29.7 Å². The van der Waals surface area contributed by atoms with Gasteiger partial charge in [-0.1, -0.05) is 44.2 Å². The standard InChI is InChI=1S/C21H20N4O2S/c1-13(2)21(27,14-6-4-3-5-7-14)20(26)23-15-8-9-16-17(10-15)25-19(24-16)18-11-28-12-22-18/h3-13,27H,1-2H3,(H,23,26)(H,24,25)/t21-/m0/s1. The molecule has 0 aliphatic heterocycles. The van der Waals surface area contributed by atoms with Gasteiger partial charge in [-0.3, -0.25) is 4.79 Å². The molecule has 3 N–H and O–H groups in total. The molecule has 4 rings (SSSR count). The molecule has 2 aromatic carbocycles. The molecule has 4 aromatic rings. The molecule has 0 bridgehead atoms. The molecule has 0 radical (unpaired) electrons. The largest absolute Gasteiger partial charge is 0.375 e. The minimum atomic E-state index is -1.63. The topological polar surface area (TPSA) is 90.9 Å². The highest BCUT2D eigenvalue weighted by atomic mass is 32.1. The normalized spacial score (nSPS) is 13.6. The number of amides is 1. The summed E-state index contributed by atoms with van der Waals surface area (Å²) in [7, 11) is 0. The minimum Gasteiger partial charge on any atom is -0.375 e. The van der Waals surface area contributed by atoms with Gasteiger partial charge >= 0.3 is 0 Å². The molecular weight excluding hydrogens is 372 g/mol. The zero-order valence-electron chi connectivity index (χ0n) is 15.5. The first-order valence-corrected chi connectivity index (χ1v) is 9.90. The van der Waals surface area contributed by atoms with Crippen LogP contribution in [0.3, 0.4) is 0 Å². The van der Waals surface area contributed by atoms with Crippen LogP contribution in [0.2, 0.25) is 0 Å². The third-order valence-corrected chi connectivity index (χ3v) is 5.40. The lowest BCUT2D eigenvalue weighted by Gasteiger charge is -2.31. The van der Waals surface area contributed by atoms with Gasteiger partial charge in [-0.2, -0.15) is 0 Å². The zero-order valence-corrected chi connectivity index (χ0v) is 16.3. The van der Waals surface area contributed by atoms with Gasteiger partial charge in [0, 0.05) is 11.1 Å². The molecule has 0 saturated heterocycles. The van der Waals surface area contributed by atoms with Crippen molar-refractivity contribution in [3.63, 3.8) is 0 Å². The van der Waals surface area contributed by atoms with E-state index in [0.717, 1.165) is 11.2 Å². The van der Waals surface area contributed by atoms with E-state index in [9.17, 15) is 9.90 Å². The second-order valence-corrected chi connectivity index (χ2v) is 7.65. The second kappa shape index (κ2) is 7.18. The van der Waals surface area contributed by atoms with E-state index in [-0.39, 0.29) is 5.92 Å². The van der Waals surface area contributed by atoms with Crippen LogP contribution in [0, 0.1) is 5.92 Å². The van der Waals surface area contributed by atoms with Gasteiger partial charge in [-0.15, -0.1) is 11.3 Å². The Balaban J connectivity index is 1.64. The number of nitrogens with one attached hydrogen (secondary N) is 2. The third-order valence-electron chi connectivity index (χ3n) is 4.81. The molecule has 0 unspecified atom stereocenters. The summed E-state index contributed by atoms with van der Waals surface area (Å²) in [5.74, 6) is -0.0914. The fourth-order valence-electron chi connectivity index (χ4n) is 3.18. The molecule has 0 saturated carbocycles. The van der Waals surface area contributed by atoms with Crippen LogP contribution in [0.25, 0.3) is 22.6 Å². The average molecular weight is 392 g/mol. The molecule has 0 aliphatic rings. The molecule has 6 nitrogen and oxygen atoms in total. The lowest BCUT2D eigenvalue weighted by atomic mass is 9.82. The lowest BCUT2D eigenvalue weighted by molar-refractivity contribution is -0.140. The fourth-order valence-corrected chi connectivity index (χ4v) is 3.72. The summed E-state index contributed by atoms with van der Waals surface area (Å²) in [6, 6.07) is 14.4. The van der Waals surface area contributed by atoms with Gasteiger partial charge in [-0.25, -0.2) is 9.97 Å². The Morgan fingerprint density at radius 1 is 1.21 bits per heavy atom. The predicted molar refractivity (Wildman–Crippen MR) is 111 cm³/mol. The molecule has 1 amide bonds. The summed E-state index contributed by atoms with van der Waals surface area (Å²) >= 11 is 1.50. The quantitative estimate of drug-likeness (QED) is 0.475. The van der Waals surface area contributed by atoms with Crippen LogP contribution in [0.15, 0.2) is 59.4 Å². The van der Waals surface area contributed by atoms with Crippen molar-refractivity contribution in [3.05, 3.63) is 65.0 Å². The Hall–Kier alpha value is -3.03. The van der Waals surface area contributed by atoms with E-state index >= 15 is 0 Å². The molecular formula is C21H20N4O2S. The van der Waals surface area contributed by atoms with Gasteiger partial charge in [0.15, 0.2) is 11.4 Å². The van der Waals surface area contributed by atoms with Crippen LogP contribution in [-0.2, 0) is 10.4 Å². The Bertz CT molecular complexity index is 1110. The summed E-state index contributed by atoms with van der Waals surface area (Å²) < 4.78 is 0. The van der Waals surface area contributed by atoms with E-state index in [4.69, 9.17) is 0 Å². The number of aliphatic hydroxyl groups is 1. The van der Waals surface area contributed by atoms with E-state index in [0.29, 0.717) is 22.6 Å². The summed E-state index contributed by atoms with van der Waals surface area (Å²) in [6.07, 6.45) is 0. The number of H-pyrrole nitrogens is 1.